The molecule has 0 aromatic heterocycles. The summed E-state index contributed by atoms with van der Waals surface area (Å²) in [7, 11) is 0. The van der Waals surface area contributed by atoms with Gasteiger partial charge in [-0.15, -0.1) is 10.1 Å². The van der Waals surface area contributed by atoms with Crippen molar-refractivity contribution in [3.8, 4) is 0 Å². The summed E-state index contributed by atoms with van der Waals surface area (Å²) in [4.78, 5) is 27.2. The molecule has 0 bridgehead atoms. The highest BCUT2D eigenvalue weighted by Gasteiger charge is 2.39. The normalized spacial score (nSPS) is 13.2. The van der Waals surface area contributed by atoms with Gasteiger partial charge in [0.1, 0.15) is 6.61 Å². The largest absolute Gasteiger partial charge is 0.375 e. The van der Waals surface area contributed by atoms with Crippen LogP contribution >= 0.6 is 0 Å². The molecule has 1 N–H and O–H groups in total. The first-order chi connectivity index (χ1) is 10.0. The quantitative estimate of drug-likeness (QED) is 0.498. The van der Waals surface area contributed by atoms with E-state index < -0.39 is 23.1 Å². The molecular formula is C15H13NO5. The van der Waals surface area contributed by atoms with Crippen LogP contribution in [0, 0.1) is 10.1 Å². The van der Waals surface area contributed by atoms with E-state index in [1.807, 2.05) is 0 Å². The van der Waals surface area contributed by atoms with Crippen molar-refractivity contribution < 1.29 is 19.8 Å². The maximum Gasteiger partial charge on any atom is 0.294 e. The van der Waals surface area contributed by atoms with Gasteiger partial charge in [0, 0.05) is 5.56 Å². The van der Waals surface area contributed by atoms with Crippen molar-refractivity contribution in [2.75, 3.05) is 6.61 Å². The van der Waals surface area contributed by atoms with Crippen molar-refractivity contribution in [1.29, 1.82) is 0 Å². The third-order valence-electron chi connectivity index (χ3n) is 3.04. The molecule has 108 valence electrons. The summed E-state index contributed by atoms with van der Waals surface area (Å²) in [6.45, 7) is -0.766. The van der Waals surface area contributed by atoms with Crippen LogP contribution in [0.3, 0.4) is 0 Å². The van der Waals surface area contributed by atoms with Gasteiger partial charge in [-0.3, -0.25) is 4.79 Å². The summed E-state index contributed by atoms with van der Waals surface area (Å²) >= 11 is 0. The molecule has 6 heteroatoms. The van der Waals surface area contributed by atoms with Crippen LogP contribution in [0.2, 0.25) is 0 Å². The van der Waals surface area contributed by atoms with Gasteiger partial charge in [0.2, 0.25) is 5.78 Å². The van der Waals surface area contributed by atoms with Crippen molar-refractivity contribution in [3.05, 3.63) is 81.9 Å². The van der Waals surface area contributed by atoms with Crippen LogP contribution in [0.1, 0.15) is 15.9 Å². The Morgan fingerprint density at radius 2 is 1.62 bits per heavy atom. The number of hydrogen-bond donors (Lipinski definition) is 1. The minimum atomic E-state index is -2.12. The summed E-state index contributed by atoms with van der Waals surface area (Å²) in [6.07, 6.45) is 0. The monoisotopic (exact) mass is 287 g/mol. The van der Waals surface area contributed by atoms with E-state index in [2.05, 4.69) is 4.84 Å². The maximum atomic E-state index is 12.5. The van der Waals surface area contributed by atoms with Crippen molar-refractivity contribution in [1.82, 2.24) is 0 Å². The smallest absolute Gasteiger partial charge is 0.294 e. The van der Waals surface area contributed by atoms with Gasteiger partial charge >= 0.3 is 0 Å². The minimum Gasteiger partial charge on any atom is -0.375 e. The molecule has 2 rings (SSSR count). The Balaban J connectivity index is 2.41. The lowest BCUT2D eigenvalue weighted by Gasteiger charge is -2.26. The van der Waals surface area contributed by atoms with Gasteiger partial charge in [-0.25, -0.2) is 0 Å². The number of Topliss-reactive ketones (excluding diaryl/α,β-unsaturated/α-hetero) is 1. The topological polar surface area (TPSA) is 89.7 Å². The fourth-order valence-electron chi connectivity index (χ4n) is 1.97. The summed E-state index contributed by atoms with van der Waals surface area (Å²) in [6, 6.07) is 16.1. The van der Waals surface area contributed by atoms with Gasteiger partial charge in [0.25, 0.3) is 5.09 Å². The molecule has 0 fully saturated rings. The van der Waals surface area contributed by atoms with Crippen LogP contribution in [-0.2, 0) is 10.4 Å². The molecule has 0 saturated carbocycles. The molecule has 0 aliphatic heterocycles. The Kier molecular flexibility index (Phi) is 4.30. The van der Waals surface area contributed by atoms with E-state index in [-0.39, 0.29) is 11.1 Å². The second-order valence-corrected chi connectivity index (χ2v) is 4.42. The lowest BCUT2D eigenvalue weighted by molar-refractivity contribution is -0.760. The molecule has 2 aromatic rings. The highest BCUT2D eigenvalue weighted by Crippen LogP contribution is 2.26. The lowest BCUT2D eigenvalue weighted by Crippen LogP contribution is -2.41. The molecule has 0 heterocycles. The van der Waals surface area contributed by atoms with Gasteiger partial charge < -0.3 is 9.94 Å². The Labute approximate surface area is 120 Å². The van der Waals surface area contributed by atoms with Crippen molar-refractivity contribution in [3.63, 3.8) is 0 Å². The average Bonchev–Trinajstić information content (AvgIpc) is 2.53. The van der Waals surface area contributed by atoms with Crippen LogP contribution in [0.25, 0.3) is 0 Å². The summed E-state index contributed by atoms with van der Waals surface area (Å²) in [5.41, 5.74) is -1.63. The van der Waals surface area contributed by atoms with Gasteiger partial charge in [0.05, 0.1) is 0 Å². The zero-order chi connectivity index (χ0) is 15.3. The number of carbonyl (C=O) groups is 1. The minimum absolute atomic E-state index is 0.237. The second kappa shape index (κ2) is 6.15. The number of rotatable bonds is 6. The van der Waals surface area contributed by atoms with E-state index in [4.69, 9.17) is 0 Å². The van der Waals surface area contributed by atoms with E-state index in [0.717, 1.165) is 0 Å². The third-order valence-corrected chi connectivity index (χ3v) is 3.04. The van der Waals surface area contributed by atoms with Gasteiger partial charge in [-0.05, 0) is 5.56 Å². The molecule has 0 spiro atoms. The Hall–Kier alpha value is -2.73. The fourth-order valence-corrected chi connectivity index (χ4v) is 1.97. The predicted molar refractivity (Wildman–Crippen MR) is 74.1 cm³/mol. The average molecular weight is 287 g/mol. The molecule has 0 amide bonds. The SMILES string of the molecule is O=C(c1ccccc1)C(O)(CO[N+](=O)[O-])c1ccccc1. The first-order valence-electron chi connectivity index (χ1n) is 6.19. The van der Waals surface area contributed by atoms with Crippen LogP contribution in [0.5, 0.6) is 0 Å². The number of hydrogen-bond acceptors (Lipinski definition) is 5. The number of benzene rings is 2. The fraction of sp³-hybridized carbons (Fsp3) is 0.133. The van der Waals surface area contributed by atoms with Crippen molar-refractivity contribution >= 4 is 5.78 Å². The van der Waals surface area contributed by atoms with Crippen LogP contribution in [0.15, 0.2) is 60.7 Å². The summed E-state index contributed by atoms with van der Waals surface area (Å²) in [5.74, 6) is -0.656. The summed E-state index contributed by atoms with van der Waals surface area (Å²) in [5, 5.41) is 20.0. The number of ketones is 1. The van der Waals surface area contributed by atoms with E-state index in [1.165, 1.54) is 24.3 Å². The Morgan fingerprint density at radius 3 is 2.14 bits per heavy atom. The molecule has 0 radical (unpaired) electrons. The summed E-state index contributed by atoms with van der Waals surface area (Å²) < 4.78 is 0. The third kappa shape index (κ3) is 3.24. The van der Waals surface area contributed by atoms with Crippen molar-refractivity contribution in [2.24, 2.45) is 0 Å². The molecular weight excluding hydrogens is 274 g/mol. The molecule has 1 unspecified atom stereocenters. The zero-order valence-electron chi connectivity index (χ0n) is 11.0. The lowest BCUT2D eigenvalue weighted by atomic mass is 9.86. The first-order valence-corrected chi connectivity index (χ1v) is 6.19. The van der Waals surface area contributed by atoms with Gasteiger partial charge in [-0.2, -0.15) is 0 Å². The van der Waals surface area contributed by atoms with Crippen LogP contribution < -0.4 is 0 Å². The van der Waals surface area contributed by atoms with E-state index >= 15 is 0 Å². The zero-order valence-corrected chi connectivity index (χ0v) is 11.0. The highest BCUT2D eigenvalue weighted by molar-refractivity contribution is 6.02. The standard InChI is InChI=1S/C15H13NO5/c17-14(12-7-3-1-4-8-12)15(18,11-21-16(19)20)13-9-5-2-6-10-13/h1-10,18H,11H2. The van der Waals surface area contributed by atoms with Gasteiger partial charge in [-0.1, -0.05) is 60.7 Å². The Bertz CT molecular complexity index is 629. The van der Waals surface area contributed by atoms with E-state index in [9.17, 15) is 20.0 Å². The van der Waals surface area contributed by atoms with E-state index in [1.54, 1.807) is 36.4 Å². The highest BCUT2D eigenvalue weighted by atomic mass is 17.0. The molecule has 6 nitrogen and oxygen atoms in total. The molecule has 1 atom stereocenters. The second-order valence-electron chi connectivity index (χ2n) is 4.42. The number of nitrogens with zero attached hydrogens (tertiary/aromatic N) is 1. The molecule has 0 aliphatic carbocycles. The van der Waals surface area contributed by atoms with Gasteiger partial charge in [0.15, 0.2) is 5.60 Å². The Morgan fingerprint density at radius 1 is 1.10 bits per heavy atom. The molecule has 2 aromatic carbocycles. The van der Waals surface area contributed by atoms with Crippen LogP contribution in [-0.4, -0.2) is 22.6 Å². The van der Waals surface area contributed by atoms with Crippen molar-refractivity contribution in [2.45, 2.75) is 5.60 Å². The molecule has 0 saturated heterocycles. The van der Waals surface area contributed by atoms with Crippen LogP contribution in [0.4, 0.5) is 0 Å². The maximum absolute atomic E-state index is 12.5. The number of carbonyl (C=O) groups excluding carboxylic acids is 1. The van der Waals surface area contributed by atoms with E-state index in [0.29, 0.717) is 0 Å². The molecule has 0 aliphatic rings. The molecule has 21 heavy (non-hydrogen) atoms. The predicted octanol–water partition coefficient (Wildman–Crippen LogP) is 1.97. The first kappa shape index (κ1) is 14.7. The number of aliphatic hydroxyl groups is 1.